The summed E-state index contributed by atoms with van der Waals surface area (Å²) >= 11 is 7.10. The number of methoxy groups -OCH3 is 1. The summed E-state index contributed by atoms with van der Waals surface area (Å²) in [6.07, 6.45) is 0. The lowest BCUT2D eigenvalue weighted by atomic mass is 10.2. The molecule has 0 aliphatic heterocycles. The summed E-state index contributed by atoms with van der Waals surface area (Å²) in [5.41, 5.74) is 0.168. The molecule has 3 aromatic rings. The Kier molecular flexibility index (Phi) is 6.01. The summed E-state index contributed by atoms with van der Waals surface area (Å²) in [5, 5.41) is 22.0. The van der Waals surface area contributed by atoms with Crippen LogP contribution >= 0.6 is 22.9 Å². The number of halogens is 1. The molecule has 0 unspecified atom stereocenters. The van der Waals surface area contributed by atoms with Gasteiger partial charge in [0.05, 0.1) is 37.3 Å². The van der Waals surface area contributed by atoms with Crippen molar-refractivity contribution in [3.63, 3.8) is 0 Å². The Hall–Kier alpha value is -3.15. The molecule has 1 amide bonds. The third-order valence-corrected chi connectivity index (χ3v) is 5.36. The number of benzene rings is 2. The van der Waals surface area contributed by atoms with Gasteiger partial charge < -0.3 is 9.30 Å². The number of rotatable bonds is 6. The number of carbonyl (C=O) groups excluding carboxylic acids is 1. The van der Waals surface area contributed by atoms with Crippen molar-refractivity contribution < 1.29 is 19.4 Å². The Morgan fingerprint density at radius 3 is 2.48 bits per heavy atom. The highest BCUT2D eigenvalue weighted by Crippen LogP contribution is 2.25. The number of nitrogens with zero attached hydrogens (tertiary/aromatic N) is 4. The second-order valence-electron chi connectivity index (χ2n) is 5.78. The molecular weight excluding hydrogens is 424 g/mol. The molecule has 29 heavy (non-hydrogen) atoms. The molecule has 1 aromatic heterocycles. The zero-order valence-corrected chi connectivity index (χ0v) is 16.5. The van der Waals surface area contributed by atoms with Crippen molar-refractivity contribution in [1.29, 1.82) is 0 Å². The van der Waals surface area contributed by atoms with Crippen molar-refractivity contribution in [1.82, 2.24) is 4.57 Å². The van der Waals surface area contributed by atoms with Crippen LogP contribution in [0.2, 0.25) is 5.02 Å². The Balaban J connectivity index is 2.15. The lowest BCUT2D eigenvalue weighted by molar-refractivity contribution is -0.385. The molecule has 150 valence electrons. The van der Waals surface area contributed by atoms with E-state index in [1.54, 1.807) is 10.6 Å². The molecule has 2 aromatic carbocycles. The van der Waals surface area contributed by atoms with Gasteiger partial charge in [0.2, 0.25) is 0 Å². The zero-order chi connectivity index (χ0) is 21.1. The predicted octanol–water partition coefficient (Wildman–Crippen LogP) is 3.56. The highest BCUT2D eigenvalue weighted by atomic mass is 35.5. The quantitative estimate of drug-likeness (QED) is 0.429. The fraction of sp³-hybridized carbons (Fsp3) is 0.176. The molecule has 0 aliphatic rings. The maximum atomic E-state index is 12.7. The van der Waals surface area contributed by atoms with E-state index in [0.29, 0.717) is 23.4 Å². The summed E-state index contributed by atoms with van der Waals surface area (Å²) in [4.78, 5) is 37.9. The van der Waals surface area contributed by atoms with Gasteiger partial charge in [-0.15, -0.1) is 0 Å². The molecule has 0 saturated heterocycles. The first-order chi connectivity index (χ1) is 13.8. The molecule has 0 saturated carbocycles. The third kappa shape index (κ3) is 4.31. The molecule has 0 spiro atoms. The Bertz CT molecular complexity index is 1200. The van der Waals surface area contributed by atoms with E-state index >= 15 is 0 Å². The van der Waals surface area contributed by atoms with E-state index in [0.717, 1.165) is 17.4 Å². The number of carbonyl (C=O) groups is 1. The number of non-ortho nitro benzene ring substituents is 2. The number of fused-ring (bicyclic) bond motifs is 1. The molecule has 0 aliphatic carbocycles. The minimum absolute atomic E-state index is 0.0320. The topological polar surface area (TPSA) is 130 Å². The van der Waals surface area contributed by atoms with Crippen molar-refractivity contribution in [3.05, 3.63) is 72.0 Å². The Labute approximate surface area is 171 Å². The lowest BCUT2D eigenvalue weighted by Gasteiger charge is -2.04. The zero-order valence-electron chi connectivity index (χ0n) is 14.9. The van der Waals surface area contributed by atoms with E-state index in [2.05, 4.69) is 4.99 Å². The van der Waals surface area contributed by atoms with Crippen molar-refractivity contribution in [3.8, 4) is 0 Å². The third-order valence-electron chi connectivity index (χ3n) is 3.98. The number of amides is 1. The number of nitro benzene ring substituents is 2. The molecule has 0 bridgehead atoms. The second kappa shape index (κ2) is 8.47. The van der Waals surface area contributed by atoms with Gasteiger partial charge >= 0.3 is 0 Å². The molecule has 3 rings (SSSR count). The number of nitro groups is 2. The van der Waals surface area contributed by atoms with Crippen LogP contribution in [0.15, 0.2) is 41.4 Å². The van der Waals surface area contributed by atoms with E-state index in [9.17, 15) is 25.0 Å². The Morgan fingerprint density at radius 1 is 1.17 bits per heavy atom. The largest absolute Gasteiger partial charge is 0.383 e. The van der Waals surface area contributed by atoms with Crippen molar-refractivity contribution >= 4 is 50.4 Å². The maximum absolute atomic E-state index is 12.7. The molecule has 10 nitrogen and oxygen atoms in total. The first-order valence-electron chi connectivity index (χ1n) is 8.11. The number of thiazole rings is 1. The first kappa shape index (κ1) is 20.6. The molecule has 1 heterocycles. The SMILES string of the molecule is COCCn1c(=NC(=O)c2cc([N+](=O)[O-])ccc2Cl)sc2cc([N+](=O)[O-])ccc21. The average molecular weight is 437 g/mol. The van der Waals surface area contributed by atoms with Crippen LogP contribution in [-0.2, 0) is 11.3 Å². The van der Waals surface area contributed by atoms with Gasteiger partial charge in [-0.2, -0.15) is 4.99 Å². The highest BCUT2D eigenvalue weighted by molar-refractivity contribution is 7.16. The second-order valence-corrected chi connectivity index (χ2v) is 7.19. The molecule has 0 atom stereocenters. The van der Waals surface area contributed by atoms with Crippen LogP contribution in [0.3, 0.4) is 0 Å². The monoisotopic (exact) mass is 436 g/mol. The van der Waals surface area contributed by atoms with Crippen molar-refractivity contribution in [2.45, 2.75) is 6.54 Å². The van der Waals surface area contributed by atoms with E-state index in [1.165, 1.54) is 31.4 Å². The number of ether oxygens (including phenoxy) is 1. The minimum atomic E-state index is -0.758. The predicted molar refractivity (Wildman–Crippen MR) is 106 cm³/mol. The van der Waals surface area contributed by atoms with Crippen LogP contribution < -0.4 is 4.80 Å². The van der Waals surface area contributed by atoms with Crippen LogP contribution in [0, 0.1) is 20.2 Å². The fourth-order valence-corrected chi connectivity index (χ4v) is 3.88. The highest BCUT2D eigenvalue weighted by Gasteiger charge is 2.17. The molecule has 0 N–H and O–H groups in total. The molecule has 0 radical (unpaired) electrons. The van der Waals surface area contributed by atoms with Gasteiger partial charge in [-0.05, 0) is 12.1 Å². The van der Waals surface area contributed by atoms with Crippen LogP contribution in [0.5, 0.6) is 0 Å². The summed E-state index contributed by atoms with van der Waals surface area (Å²) in [6, 6.07) is 7.84. The van der Waals surface area contributed by atoms with Gasteiger partial charge in [0.15, 0.2) is 4.80 Å². The summed E-state index contributed by atoms with van der Waals surface area (Å²) in [5.74, 6) is -0.758. The van der Waals surface area contributed by atoms with Gasteiger partial charge in [0.25, 0.3) is 17.3 Å². The van der Waals surface area contributed by atoms with Gasteiger partial charge in [0, 0.05) is 37.9 Å². The molecular formula is C17H13ClN4O6S. The summed E-state index contributed by atoms with van der Waals surface area (Å²) in [7, 11) is 1.52. The van der Waals surface area contributed by atoms with Crippen molar-refractivity contribution in [2.24, 2.45) is 4.99 Å². The van der Waals surface area contributed by atoms with Gasteiger partial charge in [-0.1, -0.05) is 22.9 Å². The number of hydrogen-bond acceptors (Lipinski definition) is 7. The van der Waals surface area contributed by atoms with Gasteiger partial charge in [-0.3, -0.25) is 25.0 Å². The van der Waals surface area contributed by atoms with Crippen molar-refractivity contribution in [2.75, 3.05) is 13.7 Å². The van der Waals surface area contributed by atoms with Crippen LogP contribution in [0.25, 0.3) is 10.2 Å². The van der Waals surface area contributed by atoms with Gasteiger partial charge in [0.1, 0.15) is 0 Å². The lowest BCUT2D eigenvalue weighted by Crippen LogP contribution is -2.19. The van der Waals surface area contributed by atoms with Gasteiger partial charge in [-0.25, -0.2) is 0 Å². The van der Waals surface area contributed by atoms with Crippen LogP contribution in [0.1, 0.15) is 10.4 Å². The maximum Gasteiger partial charge on any atom is 0.281 e. The smallest absolute Gasteiger partial charge is 0.281 e. The number of aromatic nitrogens is 1. The standard InChI is InChI=1S/C17H13ClN4O6S/c1-28-7-6-20-14-5-3-11(22(26)27)9-15(14)29-17(20)19-16(23)12-8-10(21(24)25)2-4-13(12)18/h2-5,8-9H,6-7H2,1H3. The van der Waals surface area contributed by atoms with E-state index in [-0.39, 0.29) is 26.8 Å². The van der Waals surface area contributed by atoms with E-state index < -0.39 is 15.8 Å². The first-order valence-corrected chi connectivity index (χ1v) is 9.31. The fourth-order valence-electron chi connectivity index (χ4n) is 2.60. The minimum Gasteiger partial charge on any atom is -0.383 e. The van der Waals surface area contributed by atoms with Crippen LogP contribution in [-0.4, -0.2) is 34.0 Å². The Morgan fingerprint density at radius 2 is 1.83 bits per heavy atom. The number of hydrogen-bond donors (Lipinski definition) is 0. The average Bonchev–Trinajstić information content (AvgIpc) is 3.02. The van der Waals surface area contributed by atoms with E-state index in [4.69, 9.17) is 16.3 Å². The molecule has 12 heteroatoms. The normalized spacial score (nSPS) is 11.7. The summed E-state index contributed by atoms with van der Waals surface area (Å²) < 4.78 is 7.34. The van der Waals surface area contributed by atoms with E-state index in [1.807, 2.05) is 0 Å². The van der Waals surface area contributed by atoms with Crippen LogP contribution in [0.4, 0.5) is 11.4 Å². The molecule has 0 fully saturated rings. The summed E-state index contributed by atoms with van der Waals surface area (Å²) in [6.45, 7) is 0.671.